The predicted octanol–water partition coefficient (Wildman–Crippen LogP) is 21.7. The Balaban J connectivity index is 1.16. The lowest BCUT2D eigenvalue weighted by molar-refractivity contribution is 0.446. The molecule has 0 unspecified atom stereocenters. The summed E-state index contributed by atoms with van der Waals surface area (Å²) in [5.74, 6) is 0.936. The Morgan fingerprint density at radius 1 is 0.341 bits per heavy atom. The molecule has 0 radical (unpaired) electrons. The Morgan fingerprint density at radius 2 is 0.918 bits per heavy atom. The van der Waals surface area contributed by atoms with E-state index in [2.05, 4.69) is 313 Å². The molecule has 0 bridgehead atoms. The lowest BCUT2D eigenvalue weighted by atomic mass is 9.78. The lowest BCUT2D eigenvalue weighted by Crippen LogP contribution is -2.18. The van der Waals surface area contributed by atoms with Crippen LogP contribution in [0.1, 0.15) is 132 Å². The monoisotopic (exact) mass is 1110 g/mol. The molecule has 426 valence electrons. The second-order valence-electron chi connectivity index (χ2n) is 28.6. The number of imidazole rings is 1. The van der Waals surface area contributed by atoms with Gasteiger partial charge in [-0.15, -0.1) is 0 Å². The molecule has 3 aromatic heterocycles. The van der Waals surface area contributed by atoms with Gasteiger partial charge < -0.3 is 9.67 Å². The maximum atomic E-state index is 13.0. The maximum Gasteiger partial charge on any atom is 0.149 e. The van der Waals surface area contributed by atoms with Crippen molar-refractivity contribution in [1.82, 2.24) is 19.1 Å². The molecule has 5 nitrogen and oxygen atoms in total. The first-order chi connectivity index (χ1) is 40.2. The SMILES string of the molecule is CC(C)(C)c1cc(-n2c(-c3cc(C(C)(C)C)cc(C(C)(C)C)c3O)nc3c(-c4cccc(-c5cc(-c6cccc7c8ccccc8n(-c8ccccc8)c67)ccn5)c4)cc(-c4ccc(C(C)(C)C)cc4-c4ccccc4)cc32)cc(C(C)(C)C)c1. The molecule has 0 amide bonds. The minimum atomic E-state index is -0.369. The third-order valence-electron chi connectivity index (χ3n) is 17.2. The van der Waals surface area contributed by atoms with Crippen molar-refractivity contribution < 1.29 is 5.11 Å². The maximum absolute atomic E-state index is 13.0. The van der Waals surface area contributed by atoms with E-state index in [1.807, 2.05) is 6.20 Å². The second-order valence-corrected chi connectivity index (χ2v) is 28.6. The van der Waals surface area contributed by atoms with Crippen LogP contribution in [0.3, 0.4) is 0 Å². The van der Waals surface area contributed by atoms with Crippen molar-refractivity contribution in [2.45, 2.75) is 131 Å². The summed E-state index contributed by atoms with van der Waals surface area (Å²) in [5.41, 5.74) is 22.2. The molecule has 3 heterocycles. The van der Waals surface area contributed by atoms with Gasteiger partial charge in [-0.1, -0.05) is 237 Å². The Morgan fingerprint density at radius 3 is 1.59 bits per heavy atom. The molecular weight excluding hydrogens is 1030 g/mol. The highest BCUT2D eigenvalue weighted by atomic mass is 16.3. The highest BCUT2D eigenvalue weighted by molar-refractivity contribution is 6.14. The Kier molecular flexibility index (Phi) is 13.8. The normalized spacial score (nSPS) is 12.7. The number of aromatic hydroxyl groups is 1. The van der Waals surface area contributed by atoms with Crippen molar-refractivity contribution >= 4 is 32.8 Å². The van der Waals surface area contributed by atoms with Gasteiger partial charge in [-0.25, -0.2) is 4.98 Å². The van der Waals surface area contributed by atoms with Crippen LogP contribution in [-0.2, 0) is 27.1 Å². The first kappa shape index (κ1) is 56.7. The van der Waals surface area contributed by atoms with Crippen molar-refractivity contribution in [1.29, 1.82) is 0 Å². The van der Waals surface area contributed by atoms with Crippen molar-refractivity contribution in [2.24, 2.45) is 0 Å². The summed E-state index contributed by atoms with van der Waals surface area (Å²) in [4.78, 5) is 11.0. The van der Waals surface area contributed by atoms with Gasteiger partial charge in [0.15, 0.2) is 0 Å². The van der Waals surface area contributed by atoms with Crippen molar-refractivity contribution in [3.8, 4) is 84.3 Å². The third kappa shape index (κ3) is 10.6. The summed E-state index contributed by atoms with van der Waals surface area (Å²) >= 11 is 0. The van der Waals surface area contributed by atoms with Crippen molar-refractivity contribution in [3.05, 3.63) is 234 Å². The first-order valence-corrected chi connectivity index (χ1v) is 30.2. The van der Waals surface area contributed by atoms with Gasteiger partial charge in [-0.05, 0) is 149 Å². The van der Waals surface area contributed by atoms with E-state index in [1.165, 1.54) is 33.0 Å². The van der Waals surface area contributed by atoms with Gasteiger partial charge in [0.05, 0.1) is 33.3 Å². The molecule has 0 saturated heterocycles. The number of pyridine rings is 1. The summed E-state index contributed by atoms with van der Waals surface area (Å²) in [7, 11) is 0. The highest BCUT2D eigenvalue weighted by Crippen LogP contribution is 2.48. The van der Waals surface area contributed by atoms with Gasteiger partial charge in [0.1, 0.15) is 11.6 Å². The number of hydrogen-bond acceptors (Lipinski definition) is 3. The molecule has 12 aromatic rings. The molecule has 0 fully saturated rings. The van der Waals surface area contributed by atoms with E-state index < -0.39 is 0 Å². The van der Waals surface area contributed by atoms with Crippen LogP contribution >= 0.6 is 0 Å². The summed E-state index contributed by atoms with van der Waals surface area (Å²) in [6, 6.07) is 73.3. The fourth-order valence-electron chi connectivity index (χ4n) is 12.2. The van der Waals surface area contributed by atoms with Crippen LogP contribution in [0.25, 0.3) is 111 Å². The topological polar surface area (TPSA) is 55.9 Å². The average molecular weight is 1110 g/mol. The molecule has 85 heavy (non-hydrogen) atoms. The molecule has 0 saturated carbocycles. The Hall–Kier alpha value is -8.80. The van der Waals surface area contributed by atoms with Crippen LogP contribution in [-0.4, -0.2) is 24.2 Å². The average Bonchev–Trinajstić information content (AvgIpc) is 1.74. The molecule has 1 N–H and O–H groups in total. The zero-order chi connectivity index (χ0) is 60.1. The van der Waals surface area contributed by atoms with E-state index in [0.717, 1.165) is 94.8 Å². The number of para-hydroxylation sites is 3. The van der Waals surface area contributed by atoms with E-state index >= 15 is 0 Å². The quantitative estimate of drug-likeness (QED) is 0.165. The summed E-state index contributed by atoms with van der Waals surface area (Å²) in [5, 5.41) is 15.4. The number of nitrogens with zero attached hydrogens (tertiary/aromatic N) is 4. The van der Waals surface area contributed by atoms with Crippen LogP contribution in [0.5, 0.6) is 5.75 Å². The lowest BCUT2D eigenvalue weighted by Gasteiger charge is -2.28. The number of benzene rings is 9. The van der Waals surface area contributed by atoms with Crippen LogP contribution in [0.4, 0.5) is 0 Å². The molecule has 9 aromatic carbocycles. The van der Waals surface area contributed by atoms with E-state index in [4.69, 9.17) is 9.97 Å². The molecule has 5 heteroatoms. The molecule has 12 rings (SSSR count). The van der Waals surface area contributed by atoms with Gasteiger partial charge in [-0.2, -0.15) is 0 Å². The minimum Gasteiger partial charge on any atom is -0.507 e. The van der Waals surface area contributed by atoms with Crippen molar-refractivity contribution in [2.75, 3.05) is 0 Å². The predicted molar refractivity (Wildman–Crippen MR) is 361 cm³/mol. The van der Waals surface area contributed by atoms with Crippen LogP contribution < -0.4 is 0 Å². The van der Waals surface area contributed by atoms with Crippen LogP contribution in [0, 0.1) is 0 Å². The zero-order valence-electron chi connectivity index (χ0n) is 52.4. The van der Waals surface area contributed by atoms with Gasteiger partial charge in [0, 0.05) is 50.6 Å². The summed E-state index contributed by atoms with van der Waals surface area (Å²) in [6.07, 6.45) is 1.95. The molecule has 0 aliphatic carbocycles. The van der Waals surface area contributed by atoms with Crippen LogP contribution in [0.2, 0.25) is 0 Å². The fraction of sp³-hybridized carbons (Fsp3) is 0.250. The molecule has 0 atom stereocenters. The van der Waals surface area contributed by atoms with Crippen molar-refractivity contribution in [3.63, 3.8) is 0 Å². The van der Waals surface area contributed by atoms with E-state index in [1.54, 1.807) is 0 Å². The number of phenols is 1. The zero-order valence-corrected chi connectivity index (χ0v) is 52.4. The Labute approximate surface area is 503 Å². The standard InChI is InChI=1S/C80H80N4O/c1-76(2,3)55-36-37-61(65(47-55)50-26-18-16-19-27-50)54-41-66(51-28-24-29-53(40-51)69-42-52(38-39-81-69)62-33-25-34-64-63-32-22-23-35-70(63)83(73(62)64)59-30-20-17-21-31-59)72-71(43-54)84(60-45-56(77(4,5)6)44-57(46-60)78(7,8)9)75(82-72)67-48-58(79(10,11)12)49-68(74(67)85)80(13,14)15/h16-49,85H,1-15H3. The molecule has 0 aliphatic rings. The van der Waals surface area contributed by atoms with Crippen LogP contribution in [0.15, 0.2) is 206 Å². The van der Waals surface area contributed by atoms with Gasteiger partial charge >= 0.3 is 0 Å². The van der Waals surface area contributed by atoms with E-state index in [-0.39, 0.29) is 32.8 Å². The van der Waals surface area contributed by atoms with Gasteiger partial charge in [0.2, 0.25) is 0 Å². The summed E-state index contributed by atoms with van der Waals surface area (Å²) in [6.45, 7) is 34.0. The molecule has 0 spiro atoms. The Bertz CT molecular complexity index is 4500. The van der Waals surface area contributed by atoms with Gasteiger partial charge in [0.25, 0.3) is 0 Å². The largest absolute Gasteiger partial charge is 0.507 e. The third-order valence-corrected chi connectivity index (χ3v) is 17.2. The van der Waals surface area contributed by atoms with Gasteiger partial charge in [-0.3, -0.25) is 9.55 Å². The number of phenolic OH excluding ortho intramolecular Hbond substituents is 1. The second kappa shape index (κ2) is 20.8. The number of fused-ring (bicyclic) bond motifs is 4. The van der Waals surface area contributed by atoms with E-state index in [9.17, 15) is 5.11 Å². The highest BCUT2D eigenvalue weighted by Gasteiger charge is 2.31. The molecule has 0 aliphatic heterocycles. The number of rotatable bonds is 8. The molecular formula is C80H80N4O. The minimum absolute atomic E-state index is 0.0817. The smallest absolute Gasteiger partial charge is 0.149 e. The van der Waals surface area contributed by atoms with E-state index in [0.29, 0.717) is 11.4 Å². The first-order valence-electron chi connectivity index (χ1n) is 30.2. The number of hydrogen-bond donors (Lipinski definition) is 1. The number of aromatic nitrogens is 4. The fourth-order valence-corrected chi connectivity index (χ4v) is 12.2. The summed E-state index contributed by atoms with van der Waals surface area (Å²) < 4.78 is 4.76.